The molecule has 1 N–H and O–H groups in total. The quantitative estimate of drug-likeness (QED) is 0.790. The lowest BCUT2D eigenvalue weighted by Crippen LogP contribution is -2.38. The number of carbonyl (C=O) groups is 1. The molecule has 1 amide bonds. The standard InChI is InChI=1S/C22H27F3N4O2/c1-13(16-12-26-29-9-4-10-31-20(16)29)27-19(30)15-5-7-17-14(11-15)6-8-18(28-17)21(2,3)22(23,24)25/h6,8,12-13,15H,4-5,7,9-11H2,1-3H3,(H,27,30)/t13-,15-/m1/s1. The molecule has 1 aliphatic carbocycles. The predicted molar refractivity (Wildman–Crippen MR) is 108 cm³/mol. The van der Waals surface area contributed by atoms with Gasteiger partial charge in [0.05, 0.1) is 30.1 Å². The second-order valence-corrected chi connectivity index (χ2v) is 8.93. The Morgan fingerprint density at radius 3 is 2.84 bits per heavy atom. The first-order valence-electron chi connectivity index (χ1n) is 10.6. The summed E-state index contributed by atoms with van der Waals surface area (Å²) in [4.78, 5) is 17.2. The average Bonchev–Trinajstić information content (AvgIpc) is 3.16. The molecule has 3 heterocycles. The van der Waals surface area contributed by atoms with E-state index < -0.39 is 11.6 Å². The number of nitrogens with zero attached hydrogens (tertiary/aromatic N) is 3. The van der Waals surface area contributed by atoms with Gasteiger partial charge in [0, 0.05) is 24.6 Å². The van der Waals surface area contributed by atoms with Crippen molar-refractivity contribution in [2.45, 2.75) is 70.6 Å². The third-order valence-electron chi connectivity index (χ3n) is 6.38. The molecule has 1 aliphatic heterocycles. The fraction of sp³-hybridized carbons (Fsp3) is 0.591. The molecule has 0 spiro atoms. The van der Waals surface area contributed by atoms with Gasteiger partial charge in [0.2, 0.25) is 11.8 Å². The first-order chi connectivity index (χ1) is 14.6. The zero-order valence-corrected chi connectivity index (χ0v) is 17.9. The average molecular weight is 436 g/mol. The largest absolute Gasteiger partial charge is 0.478 e. The SMILES string of the molecule is C[C@@H](NC(=O)[C@@H]1CCc2nc(C(C)(C)C(F)(F)F)ccc2C1)c1cnn2c1OCCC2. The molecule has 168 valence electrons. The van der Waals surface area contributed by atoms with Gasteiger partial charge in [-0.3, -0.25) is 9.78 Å². The predicted octanol–water partition coefficient (Wildman–Crippen LogP) is 3.88. The maximum Gasteiger partial charge on any atom is 0.399 e. The van der Waals surface area contributed by atoms with E-state index in [0.29, 0.717) is 37.4 Å². The van der Waals surface area contributed by atoms with E-state index in [-0.39, 0.29) is 23.6 Å². The fourth-order valence-corrected chi connectivity index (χ4v) is 4.12. The highest BCUT2D eigenvalue weighted by atomic mass is 19.4. The molecule has 0 saturated heterocycles. The van der Waals surface area contributed by atoms with Gasteiger partial charge in [-0.2, -0.15) is 18.3 Å². The van der Waals surface area contributed by atoms with Crippen molar-refractivity contribution in [2.24, 2.45) is 5.92 Å². The van der Waals surface area contributed by atoms with E-state index >= 15 is 0 Å². The lowest BCUT2D eigenvalue weighted by Gasteiger charge is -2.30. The number of aryl methyl sites for hydroxylation is 2. The van der Waals surface area contributed by atoms with Gasteiger partial charge in [0.1, 0.15) is 5.41 Å². The van der Waals surface area contributed by atoms with Crippen LogP contribution < -0.4 is 10.1 Å². The first kappa shape index (κ1) is 21.6. The van der Waals surface area contributed by atoms with Crippen molar-refractivity contribution in [3.8, 4) is 5.88 Å². The number of nitrogens with one attached hydrogen (secondary N) is 1. The Morgan fingerprint density at radius 2 is 2.10 bits per heavy atom. The second-order valence-electron chi connectivity index (χ2n) is 8.93. The minimum atomic E-state index is -4.38. The van der Waals surface area contributed by atoms with E-state index in [4.69, 9.17) is 4.74 Å². The Labute approximate surface area is 179 Å². The Hall–Kier alpha value is -2.58. The molecule has 0 radical (unpaired) electrons. The van der Waals surface area contributed by atoms with Crippen LogP contribution in [0, 0.1) is 5.92 Å². The van der Waals surface area contributed by atoms with Crippen LogP contribution in [0.15, 0.2) is 18.3 Å². The van der Waals surface area contributed by atoms with Crippen LogP contribution in [0.1, 0.15) is 62.2 Å². The molecule has 9 heteroatoms. The van der Waals surface area contributed by atoms with Gasteiger partial charge in [0.25, 0.3) is 0 Å². The molecular weight excluding hydrogens is 409 g/mol. The van der Waals surface area contributed by atoms with E-state index in [1.54, 1.807) is 12.3 Å². The molecule has 2 atom stereocenters. The van der Waals surface area contributed by atoms with Crippen LogP contribution in [0.25, 0.3) is 0 Å². The summed E-state index contributed by atoms with van der Waals surface area (Å²) in [5.41, 5.74) is 0.350. The molecule has 0 bridgehead atoms. The van der Waals surface area contributed by atoms with E-state index in [2.05, 4.69) is 15.4 Å². The van der Waals surface area contributed by atoms with Gasteiger partial charge in [-0.25, -0.2) is 4.68 Å². The molecule has 2 aromatic heterocycles. The Bertz CT molecular complexity index is 984. The summed E-state index contributed by atoms with van der Waals surface area (Å²) in [6.45, 7) is 5.62. The van der Waals surface area contributed by atoms with E-state index in [0.717, 1.165) is 37.9 Å². The summed E-state index contributed by atoms with van der Waals surface area (Å²) < 4.78 is 47.6. The zero-order valence-electron chi connectivity index (χ0n) is 17.9. The summed E-state index contributed by atoms with van der Waals surface area (Å²) in [6.07, 6.45) is -0.233. The van der Waals surface area contributed by atoms with Gasteiger partial charge in [-0.05, 0) is 51.7 Å². The van der Waals surface area contributed by atoms with Crippen LogP contribution >= 0.6 is 0 Å². The number of halogens is 3. The third-order valence-corrected chi connectivity index (χ3v) is 6.38. The highest BCUT2D eigenvalue weighted by Gasteiger charge is 2.49. The van der Waals surface area contributed by atoms with Crippen LogP contribution in [0.4, 0.5) is 13.2 Å². The van der Waals surface area contributed by atoms with Crippen molar-refractivity contribution >= 4 is 5.91 Å². The number of pyridine rings is 1. The Kier molecular flexibility index (Phi) is 5.47. The molecular formula is C22H27F3N4O2. The first-order valence-corrected chi connectivity index (χ1v) is 10.6. The van der Waals surface area contributed by atoms with Crippen LogP contribution in [-0.2, 0) is 29.6 Å². The molecule has 6 nitrogen and oxygen atoms in total. The van der Waals surface area contributed by atoms with Crippen molar-refractivity contribution in [2.75, 3.05) is 6.61 Å². The number of hydrogen-bond donors (Lipinski definition) is 1. The minimum absolute atomic E-state index is 0.0151. The topological polar surface area (TPSA) is 69.0 Å². The Balaban J connectivity index is 1.44. The number of alkyl halides is 3. The maximum absolute atomic E-state index is 13.4. The molecule has 2 aromatic rings. The second kappa shape index (κ2) is 7.84. The molecule has 4 rings (SSSR count). The number of rotatable bonds is 4. The van der Waals surface area contributed by atoms with Crippen LogP contribution in [0.5, 0.6) is 5.88 Å². The lowest BCUT2D eigenvalue weighted by molar-refractivity contribution is -0.181. The van der Waals surface area contributed by atoms with Crippen molar-refractivity contribution in [3.05, 3.63) is 40.8 Å². The van der Waals surface area contributed by atoms with Crippen LogP contribution in [0.3, 0.4) is 0 Å². The van der Waals surface area contributed by atoms with Crippen LogP contribution in [0.2, 0.25) is 0 Å². The van der Waals surface area contributed by atoms with Crippen molar-refractivity contribution in [3.63, 3.8) is 0 Å². The van der Waals surface area contributed by atoms with Crippen molar-refractivity contribution < 1.29 is 22.7 Å². The fourth-order valence-electron chi connectivity index (χ4n) is 4.12. The van der Waals surface area contributed by atoms with E-state index in [1.165, 1.54) is 6.07 Å². The zero-order chi connectivity index (χ0) is 22.4. The van der Waals surface area contributed by atoms with Crippen molar-refractivity contribution in [1.29, 1.82) is 0 Å². The van der Waals surface area contributed by atoms with Gasteiger partial charge in [0.15, 0.2) is 0 Å². The molecule has 0 fully saturated rings. The molecule has 31 heavy (non-hydrogen) atoms. The minimum Gasteiger partial charge on any atom is -0.478 e. The normalized spacial score (nSPS) is 19.7. The van der Waals surface area contributed by atoms with Gasteiger partial charge >= 0.3 is 6.18 Å². The summed E-state index contributed by atoms with van der Waals surface area (Å²) in [6, 6.07) is 2.88. The number of amides is 1. The Morgan fingerprint density at radius 1 is 1.32 bits per heavy atom. The van der Waals surface area contributed by atoms with Crippen molar-refractivity contribution in [1.82, 2.24) is 20.1 Å². The summed E-state index contributed by atoms with van der Waals surface area (Å²) >= 11 is 0. The van der Waals surface area contributed by atoms with E-state index in [9.17, 15) is 18.0 Å². The summed E-state index contributed by atoms with van der Waals surface area (Å²) in [7, 11) is 0. The molecule has 0 aromatic carbocycles. The molecule has 2 aliphatic rings. The number of ether oxygens (including phenoxy) is 1. The third kappa shape index (κ3) is 4.02. The smallest absolute Gasteiger partial charge is 0.399 e. The monoisotopic (exact) mass is 436 g/mol. The van der Waals surface area contributed by atoms with Crippen LogP contribution in [-0.4, -0.2) is 33.5 Å². The molecule has 0 unspecified atom stereocenters. The number of hydrogen-bond acceptors (Lipinski definition) is 4. The van der Waals surface area contributed by atoms with Gasteiger partial charge in [-0.1, -0.05) is 6.07 Å². The maximum atomic E-state index is 13.4. The van der Waals surface area contributed by atoms with Gasteiger partial charge < -0.3 is 10.1 Å². The van der Waals surface area contributed by atoms with Gasteiger partial charge in [-0.15, -0.1) is 0 Å². The summed E-state index contributed by atoms with van der Waals surface area (Å²) in [5, 5.41) is 7.37. The lowest BCUT2D eigenvalue weighted by atomic mass is 9.83. The highest BCUT2D eigenvalue weighted by Crippen LogP contribution is 2.40. The highest BCUT2D eigenvalue weighted by molar-refractivity contribution is 5.79. The number of carbonyl (C=O) groups excluding carboxylic acids is 1. The number of aromatic nitrogens is 3. The van der Waals surface area contributed by atoms with E-state index in [1.807, 2.05) is 11.6 Å². The summed E-state index contributed by atoms with van der Waals surface area (Å²) in [5.74, 6) is 0.385. The molecule has 0 saturated carbocycles. The number of fused-ring (bicyclic) bond motifs is 2.